The topological polar surface area (TPSA) is 74.2 Å². The number of hydrogen-bond donors (Lipinski definition) is 2. The largest absolute Gasteiger partial charge is 0.487 e. The molecule has 2 amide bonds. The van der Waals surface area contributed by atoms with Gasteiger partial charge in [0.2, 0.25) is 0 Å². The summed E-state index contributed by atoms with van der Waals surface area (Å²) in [5.74, 6) is 0.704. The van der Waals surface area contributed by atoms with Gasteiger partial charge in [-0.3, -0.25) is 0 Å². The second-order valence-corrected chi connectivity index (χ2v) is 6.45. The van der Waals surface area contributed by atoms with E-state index < -0.39 is 5.60 Å². The van der Waals surface area contributed by atoms with Crippen LogP contribution in [0.1, 0.15) is 37.4 Å². The Morgan fingerprint density at radius 1 is 1.25 bits per heavy atom. The molecule has 0 fully saturated rings. The van der Waals surface area contributed by atoms with Crippen LogP contribution in [0.5, 0.6) is 5.75 Å². The van der Waals surface area contributed by atoms with Crippen molar-refractivity contribution in [2.24, 2.45) is 0 Å². The number of nitrogens with one attached hydrogen (secondary N) is 2. The molecule has 0 unspecified atom stereocenters. The monoisotopic (exact) mass is 321 g/mol. The van der Waals surface area contributed by atoms with Crippen molar-refractivity contribution in [1.29, 1.82) is 5.26 Å². The highest BCUT2D eigenvalue weighted by Gasteiger charge is 2.34. The molecule has 2 aromatic rings. The van der Waals surface area contributed by atoms with Crippen LogP contribution in [0.4, 0.5) is 10.5 Å². The first kappa shape index (κ1) is 15.9. The van der Waals surface area contributed by atoms with Gasteiger partial charge >= 0.3 is 6.03 Å². The fraction of sp³-hybridized carbons (Fsp3) is 0.263. The molecule has 0 bridgehead atoms. The summed E-state index contributed by atoms with van der Waals surface area (Å²) in [5.41, 5.74) is 1.71. The minimum atomic E-state index is -0.397. The van der Waals surface area contributed by atoms with Crippen molar-refractivity contribution in [2.45, 2.75) is 31.9 Å². The molecule has 0 saturated carbocycles. The van der Waals surface area contributed by atoms with Crippen LogP contribution in [0.15, 0.2) is 48.5 Å². The number of nitrogens with zero attached hydrogens (tertiary/aromatic N) is 1. The lowest BCUT2D eigenvalue weighted by Gasteiger charge is -2.38. The SMILES string of the molecule is CC1(C)C[C@H](NC(=O)Nc2ccccc2)c2cc(C#N)ccc2O1. The van der Waals surface area contributed by atoms with E-state index in [0.29, 0.717) is 17.7 Å². The average molecular weight is 321 g/mol. The van der Waals surface area contributed by atoms with Crippen molar-refractivity contribution in [3.8, 4) is 11.8 Å². The molecule has 5 nitrogen and oxygen atoms in total. The van der Waals surface area contributed by atoms with Gasteiger partial charge in [0, 0.05) is 17.7 Å². The quantitative estimate of drug-likeness (QED) is 0.878. The summed E-state index contributed by atoms with van der Waals surface area (Å²) in [6.07, 6.45) is 0.622. The van der Waals surface area contributed by atoms with Crippen molar-refractivity contribution in [2.75, 3.05) is 5.32 Å². The molecule has 3 rings (SSSR count). The maximum atomic E-state index is 12.3. The number of fused-ring (bicyclic) bond motifs is 1. The van der Waals surface area contributed by atoms with Crippen LogP contribution in [0.3, 0.4) is 0 Å². The van der Waals surface area contributed by atoms with E-state index in [1.165, 1.54) is 0 Å². The van der Waals surface area contributed by atoms with E-state index >= 15 is 0 Å². The van der Waals surface area contributed by atoms with Crippen LogP contribution in [0.2, 0.25) is 0 Å². The Morgan fingerprint density at radius 3 is 2.71 bits per heavy atom. The number of ether oxygens (including phenoxy) is 1. The van der Waals surface area contributed by atoms with Crippen molar-refractivity contribution in [1.82, 2.24) is 5.32 Å². The third-order valence-electron chi connectivity index (χ3n) is 3.93. The Morgan fingerprint density at radius 2 is 2.00 bits per heavy atom. The zero-order valence-electron chi connectivity index (χ0n) is 13.7. The fourth-order valence-electron chi connectivity index (χ4n) is 2.90. The molecular weight excluding hydrogens is 302 g/mol. The Balaban J connectivity index is 1.82. The van der Waals surface area contributed by atoms with Gasteiger partial charge in [0.25, 0.3) is 0 Å². The highest BCUT2D eigenvalue weighted by molar-refractivity contribution is 5.89. The molecule has 24 heavy (non-hydrogen) atoms. The Labute approximate surface area is 141 Å². The Bertz CT molecular complexity index is 794. The van der Waals surface area contributed by atoms with E-state index in [-0.39, 0.29) is 12.1 Å². The van der Waals surface area contributed by atoms with Crippen molar-refractivity contribution in [3.63, 3.8) is 0 Å². The van der Waals surface area contributed by atoms with E-state index in [1.54, 1.807) is 18.2 Å². The Kier molecular flexibility index (Phi) is 4.13. The summed E-state index contributed by atoms with van der Waals surface area (Å²) in [6, 6.07) is 16.2. The van der Waals surface area contributed by atoms with Gasteiger partial charge in [0.1, 0.15) is 11.4 Å². The summed E-state index contributed by atoms with van der Waals surface area (Å²) in [5, 5.41) is 14.9. The lowest BCUT2D eigenvalue weighted by Crippen LogP contribution is -2.42. The van der Waals surface area contributed by atoms with Crippen molar-refractivity contribution in [3.05, 3.63) is 59.7 Å². The van der Waals surface area contributed by atoms with E-state index in [2.05, 4.69) is 16.7 Å². The maximum Gasteiger partial charge on any atom is 0.319 e. The molecule has 2 aromatic carbocycles. The van der Waals surface area contributed by atoms with Gasteiger partial charge in [-0.15, -0.1) is 0 Å². The molecule has 0 saturated heterocycles. The summed E-state index contributed by atoms with van der Waals surface area (Å²) in [7, 11) is 0. The number of benzene rings is 2. The second-order valence-electron chi connectivity index (χ2n) is 6.45. The number of amides is 2. The minimum absolute atomic E-state index is 0.222. The van der Waals surface area contributed by atoms with Gasteiger partial charge in [-0.05, 0) is 44.2 Å². The highest BCUT2D eigenvalue weighted by atomic mass is 16.5. The third-order valence-corrected chi connectivity index (χ3v) is 3.93. The van der Waals surface area contributed by atoms with E-state index in [0.717, 1.165) is 11.3 Å². The van der Waals surface area contributed by atoms with Crippen LogP contribution < -0.4 is 15.4 Å². The standard InChI is InChI=1S/C19H19N3O2/c1-19(2)11-16(15-10-13(12-20)8-9-17(15)24-19)22-18(23)21-14-6-4-3-5-7-14/h3-10,16H,11H2,1-2H3,(H2,21,22,23)/t16-/m0/s1. The van der Waals surface area contributed by atoms with E-state index in [1.807, 2.05) is 44.2 Å². The lowest BCUT2D eigenvalue weighted by atomic mass is 9.89. The highest BCUT2D eigenvalue weighted by Crippen LogP contribution is 2.39. The first-order valence-corrected chi connectivity index (χ1v) is 7.82. The van der Waals surface area contributed by atoms with Crippen LogP contribution >= 0.6 is 0 Å². The van der Waals surface area contributed by atoms with Gasteiger partial charge in [-0.2, -0.15) is 5.26 Å². The van der Waals surface area contributed by atoms with E-state index in [4.69, 9.17) is 10.00 Å². The zero-order valence-corrected chi connectivity index (χ0v) is 13.7. The van der Waals surface area contributed by atoms with Gasteiger partial charge in [0.05, 0.1) is 17.7 Å². The third kappa shape index (κ3) is 3.49. The lowest BCUT2D eigenvalue weighted by molar-refractivity contribution is 0.0683. The predicted octanol–water partition coefficient (Wildman–Crippen LogP) is 3.98. The van der Waals surface area contributed by atoms with Crippen LogP contribution in [-0.2, 0) is 0 Å². The predicted molar refractivity (Wildman–Crippen MR) is 91.8 cm³/mol. The summed E-state index contributed by atoms with van der Waals surface area (Å²) < 4.78 is 5.97. The molecule has 5 heteroatoms. The summed E-state index contributed by atoms with van der Waals surface area (Å²) in [6.45, 7) is 3.97. The average Bonchev–Trinajstić information content (AvgIpc) is 2.54. The first-order chi connectivity index (χ1) is 11.5. The summed E-state index contributed by atoms with van der Waals surface area (Å²) >= 11 is 0. The van der Waals surface area contributed by atoms with Gasteiger partial charge in [-0.25, -0.2) is 4.79 Å². The summed E-state index contributed by atoms with van der Waals surface area (Å²) in [4.78, 5) is 12.3. The first-order valence-electron chi connectivity index (χ1n) is 7.82. The number of anilines is 1. The van der Waals surface area contributed by atoms with Crippen LogP contribution in [0, 0.1) is 11.3 Å². The van der Waals surface area contributed by atoms with E-state index in [9.17, 15) is 4.79 Å². The molecule has 2 N–H and O–H groups in total. The number of nitriles is 1. The second kappa shape index (κ2) is 6.25. The number of rotatable bonds is 2. The smallest absolute Gasteiger partial charge is 0.319 e. The number of urea groups is 1. The molecule has 1 atom stereocenters. The maximum absolute atomic E-state index is 12.3. The van der Waals surface area contributed by atoms with Crippen LogP contribution in [0.25, 0.3) is 0 Å². The van der Waals surface area contributed by atoms with Crippen molar-refractivity contribution >= 4 is 11.7 Å². The van der Waals surface area contributed by atoms with Crippen molar-refractivity contribution < 1.29 is 9.53 Å². The molecule has 1 aliphatic rings. The normalized spacial score (nSPS) is 17.8. The zero-order chi connectivity index (χ0) is 17.2. The molecular formula is C19H19N3O2. The Hall–Kier alpha value is -3.00. The van der Waals surface area contributed by atoms with Gasteiger partial charge < -0.3 is 15.4 Å². The number of carbonyl (C=O) groups is 1. The van der Waals surface area contributed by atoms with Gasteiger partial charge in [-0.1, -0.05) is 18.2 Å². The van der Waals surface area contributed by atoms with Gasteiger partial charge in [0.15, 0.2) is 0 Å². The molecule has 0 aromatic heterocycles. The molecule has 0 radical (unpaired) electrons. The molecule has 122 valence electrons. The molecule has 1 aliphatic heterocycles. The minimum Gasteiger partial charge on any atom is -0.487 e. The molecule has 1 heterocycles. The molecule has 0 aliphatic carbocycles. The van der Waals surface area contributed by atoms with Crippen LogP contribution in [-0.4, -0.2) is 11.6 Å². The number of para-hydroxylation sites is 1. The number of hydrogen-bond acceptors (Lipinski definition) is 3. The number of carbonyl (C=O) groups excluding carboxylic acids is 1. The fourth-order valence-corrected chi connectivity index (χ4v) is 2.90. The molecule has 0 spiro atoms.